The molecular formula is C14H17N3O2. The average Bonchev–Trinajstić information content (AvgIpc) is 2.43. The zero-order chi connectivity index (χ0) is 13.7. The Morgan fingerprint density at radius 1 is 1.32 bits per heavy atom. The molecule has 19 heavy (non-hydrogen) atoms. The summed E-state index contributed by atoms with van der Waals surface area (Å²) in [4.78, 5) is 15.2. The molecule has 0 amide bonds. The van der Waals surface area contributed by atoms with Gasteiger partial charge in [-0.1, -0.05) is 12.1 Å². The van der Waals surface area contributed by atoms with Gasteiger partial charge in [0.05, 0.1) is 6.54 Å². The summed E-state index contributed by atoms with van der Waals surface area (Å²) in [5.41, 5.74) is 7.28. The van der Waals surface area contributed by atoms with E-state index in [1.165, 1.54) is 0 Å². The van der Waals surface area contributed by atoms with E-state index in [-0.39, 0.29) is 5.69 Å². The third-order valence-corrected chi connectivity index (χ3v) is 2.74. The van der Waals surface area contributed by atoms with E-state index in [1.54, 1.807) is 17.0 Å². The minimum atomic E-state index is -0.257. The predicted octanol–water partition coefficient (Wildman–Crippen LogP) is 1.09. The molecule has 0 spiro atoms. The number of ether oxygens (including phenoxy) is 1. The third kappa shape index (κ3) is 3.66. The van der Waals surface area contributed by atoms with E-state index in [1.807, 2.05) is 31.2 Å². The van der Waals surface area contributed by atoms with Gasteiger partial charge in [0, 0.05) is 18.9 Å². The fourth-order valence-corrected chi connectivity index (χ4v) is 1.71. The monoisotopic (exact) mass is 259 g/mol. The summed E-state index contributed by atoms with van der Waals surface area (Å²) in [6, 6.07) is 7.60. The van der Waals surface area contributed by atoms with Crippen molar-refractivity contribution >= 4 is 0 Å². The summed E-state index contributed by atoms with van der Waals surface area (Å²) < 4.78 is 7.12. The third-order valence-electron chi connectivity index (χ3n) is 2.74. The Hall–Kier alpha value is -2.14. The van der Waals surface area contributed by atoms with Crippen molar-refractivity contribution in [2.24, 2.45) is 5.73 Å². The van der Waals surface area contributed by atoms with E-state index in [0.717, 1.165) is 16.9 Å². The zero-order valence-corrected chi connectivity index (χ0v) is 10.9. The Balaban J connectivity index is 1.92. The van der Waals surface area contributed by atoms with Gasteiger partial charge in [0.2, 0.25) is 0 Å². The number of benzene rings is 1. The lowest BCUT2D eigenvalue weighted by Gasteiger charge is -2.08. The highest BCUT2D eigenvalue weighted by molar-refractivity contribution is 5.27. The topological polar surface area (TPSA) is 70.1 Å². The maximum Gasteiger partial charge on any atom is 0.347 e. The number of hydrogen-bond acceptors (Lipinski definition) is 4. The smallest absolute Gasteiger partial charge is 0.347 e. The number of rotatable bonds is 5. The summed E-state index contributed by atoms with van der Waals surface area (Å²) in [6.07, 6.45) is 3.33. The molecule has 0 aliphatic heterocycles. The van der Waals surface area contributed by atoms with Gasteiger partial charge in [0.25, 0.3) is 0 Å². The number of nitrogens with zero attached hydrogens (tertiary/aromatic N) is 2. The number of aryl methyl sites for hydroxylation is 1. The van der Waals surface area contributed by atoms with Crippen LogP contribution in [0.15, 0.2) is 41.5 Å². The number of aromatic nitrogens is 2. The van der Waals surface area contributed by atoms with Crippen LogP contribution in [0.1, 0.15) is 11.1 Å². The molecule has 1 heterocycles. The molecular weight excluding hydrogens is 242 g/mol. The first kappa shape index (κ1) is 13.3. The van der Waals surface area contributed by atoms with E-state index >= 15 is 0 Å². The van der Waals surface area contributed by atoms with E-state index < -0.39 is 0 Å². The van der Waals surface area contributed by atoms with Crippen LogP contribution in [0.2, 0.25) is 0 Å². The molecule has 1 aromatic carbocycles. The first-order valence-electron chi connectivity index (χ1n) is 6.14. The highest BCUT2D eigenvalue weighted by atomic mass is 16.5. The Kier molecular flexibility index (Phi) is 4.30. The van der Waals surface area contributed by atoms with Crippen LogP contribution in [0.4, 0.5) is 0 Å². The van der Waals surface area contributed by atoms with Gasteiger partial charge < -0.3 is 10.5 Å². The highest BCUT2D eigenvalue weighted by Crippen LogP contribution is 2.11. The predicted molar refractivity (Wildman–Crippen MR) is 73.1 cm³/mol. The van der Waals surface area contributed by atoms with Crippen LogP contribution < -0.4 is 16.2 Å². The molecule has 0 bridgehead atoms. The highest BCUT2D eigenvalue weighted by Gasteiger charge is 1.99. The molecule has 0 aliphatic rings. The second-order valence-corrected chi connectivity index (χ2v) is 4.30. The molecule has 0 saturated carbocycles. The molecule has 0 fully saturated rings. The minimum Gasteiger partial charge on any atom is -0.492 e. The molecule has 2 aromatic rings. The van der Waals surface area contributed by atoms with Crippen molar-refractivity contribution in [3.63, 3.8) is 0 Å². The van der Waals surface area contributed by atoms with E-state index in [0.29, 0.717) is 19.7 Å². The quantitative estimate of drug-likeness (QED) is 0.872. The van der Waals surface area contributed by atoms with Gasteiger partial charge in [-0.05, 0) is 30.2 Å². The van der Waals surface area contributed by atoms with Gasteiger partial charge in [-0.2, -0.15) is 0 Å². The van der Waals surface area contributed by atoms with Crippen molar-refractivity contribution in [2.75, 3.05) is 6.61 Å². The van der Waals surface area contributed by atoms with Crippen molar-refractivity contribution < 1.29 is 4.74 Å². The van der Waals surface area contributed by atoms with E-state index in [9.17, 15) is 4.79 Å². The van der Waals surface area contributed by atoms with Gasteiger partial charge in [-0.3, -0.25) is 4.57 Å². The fourth-order valence-electron chi connectivity index (χ4n) is 1.71. The largest absolute Gasteiger partial charge is 0.492 e. The summed E-state index contributed by atoms with van der Waals surface area (Å²) in [7, 11) is 0. The summed E-state index contributed by atoms with van der Waals surface area (Å²) >= 11 is 0. The standard InChI is InChI=1S/C14H17N3O2/c1-11-9-16-14(18)17(10-11)6-7-19-13-4-2-12(8-15)3-5-13/h2-5,9-10H,6-8,15H2,1H3. The van der Waals surface area contributed by atoms with E-state index in [4.69, 9.17) is 10.5 Å². The summed E-state index contributed by atoms with van der Waals surface area (Å²) in [5.74, 6) is 0.769. The Labute approximate surface area is 111 Å². The van der Waals surface area contributed by atoms with Crippen LogP contribution in [-0.4, -0.2) is 16.2 Å². The Bertz CT molecular complexity index is 590. The van der Waals surface area contributed by atoms with Crippen LogP contribution in [-0.2, 0) is 13.1 Å². The van der Waals surface area contributed by atoms with Crippen LogP contribution in [0, 0.1) is 6.92 Å². The van der Waals surface area contributed by atoms with Gasteiger partial charge in [0.15, 0.2) is 0 Å². The molecule has 0 saturated heterocycles. The average molecular weight is 259 g/mol. The molecule has 5 heteroatoms. The Morgan fingerprint density at radius 2 is 2.05 bits per heavy atom. The first-order chi connectivity index (χ1) is 9.19. The molecule has 0 aliphatic carbocycles. The van der Waals surface area contributed by atoms with Crippen LogP contribution in [0.3, 0.4) is 0 Å². The molecule has 1 aromatic heterocycles. The molecule has 100 valence electrons. The lowest BCUT2D eigenvalue weighted by atomic mass is 10.2. The van der Waals surface area contributed by atoms with Gasteiger partial charge in [-0.25, -0.2) is 9.78 Å². The van der Waals surface area contributed by atoms with Crippen molar-refractivity contribution in [1.82, 2.24) is 9.55 Å². The lowest BCUT2D eigenvalue weighted by Crippen LogP contribution is -2.25. The van der Waals surface area contributed by atoms with Crippen molar-refractivity contribution in [2.45, 2.75) is 20.0 Å². The maximum atomic E-state index is 11.5. The lowest BCUT2D eigenvalue weighted by molar-refractivity contribution is 0.295. The molecule has 0 atom stereocenters. The van der Waals surface area contributed by atoms with Gasteiger partial charge >= 0.3 is 5.69 Å². The second-order valence-electron chi connectivity index (χ2n) is 4.30. The van der Waals surface area contributed by atoms with Crippen molar-refractivity contribution in [3.05, 3.63) is 58.3 Å². The van der Waals surface area contributed by atoms with Crippen molar-refractivity contribution in [1.29, 1.82) is 0 Å². The normalized spacial score (nSPS) is 10.4. The van der Waals surface area contributed by atoms with E-state index in [2.05, 4.69) is 4.98 Å². The van der Waals surface area contributed by atoms with Crippen LogP contribution in [0.5, 0.6) is 5.75 Å². The minimum absolute atomic E-state index is 0.257. The first-order valence-corrected chi connectivity index (χ1v) is 6.14. The Morgan fingerprint density at radius 3 is 2.74 bits per heavy atom. The van der Waals surface area contributed by atoms with Crippen molar-refractivity contribution in [3.8, 4) is 5.75 Å². The molecule has 5 nitrogen and oxygen atoms in total. The summed E-state index contributed by atoms with van der Waals surface area (Å²) in [5, 5.41) is 0. The zero-order valence-electron chi connectivity index (χ0n) is 10.9. The number of nitrogens with two attached hydrogens (primary N) is 1. The molecule has 0 unspecified atom stereocenters. The number of hydrogen-bond donors (Lipinski definition) is 1. The summed E-state index contributed by atoms with van der Waals surface area (Å²) in [6.45, 7) is 3.32. The second kappa shape index (κ2) is 6.15. The van der Waals surface area contributed by atoms with Crippen LogP contribution in [0.25, 0.3) is 0 Å². The SMILES string of the molecule is Cc1cnc(=O)n(CCOc2ccc(CN)cc2)c1. The van der Waals surface area contributed by atoms with Gasteiger partial charge in [-0.15, -0.1) is 0 Å². The fraction of sp³-hybridized carbons (Fsp3) is 0.286. The molecule has 2 N–H and O–H groups in total. The molecule has 0 radical (unpaired) electrons. The molecule has 2 rings (SSSR count). The maximum absolute atomic E-state index is 11.5. The van der Waals surface area contributed by atoms with Gasteiger partial charge in [0.1, 0.15) is 12.4 Å². The van der Waals surface area contributed by atoms with Crippen LogP contribution >= 0.6 is 0 Å².